The highest BCUT2D eigenvalue weighted by molar-refractivity contribution is 6.06. The summed E-state index contributed by atoms with van der Waals surface area (Å²) in [6, 6.07) is 6.46. The molecule has 2 aromatic rings. The normalized spacial score (nSPS) is 10.7. The van der Waals surface area contributed by atoms with Gasteiger partial charge in [0.2, 0.25) is 0 Å². The fraction of sp³-hybridized carbons (Fsp3) is 0.154. The van der Waals surface area contributed by atoms with Gasteiger partial charge in [0, 0.05) is 29.4 Å². The van der Waals surface area contributed by atoms with Gasteiger partial charge in [0.1, 0.15) is 11.6 Å². The summed E-state index contributed by atoms with van der Waals surface area (Å²) in [6.45, 7) is 0. The van der Waals surface area contributed by atoms with E-state index in [0.717, 1.165) is 17.2 Å². The molecule has 0 unspecified atom stereocenters. The molecule has 0 aliphatic rings. The molecule has 0 N–H and O–H groups in total. The van der Waals surface area contributed by atoms with E-state index in [1.807, 2.05) is 0 Å². The number of hydroxylamine groups is 2. The smallest absolute Gasteiger partial charge is 0.274 e. The van der Waals surface area contributed by atoms with Gasteiger partial charge in [-0.2, -0.15) is 0 Å². The standard InChI is InChI=1S/C13H11F2NO2/c1-16(18-2)13(17)10-5-3-4-9-11(10)6-8(14)7-12(9)15/h3-7H,1-2H3. The Morgan fingerprint density at radius 3 is 2.61 bits per heavy atom. The second kappa shape index (κ2) is 4.70. The third kappa shape index (κ3) is 2.04. The van der Waals surface area contributed by atoms with Crippen molar-refractivity contribution >= 4 is 16.7 Å². The zero-order valence-corrected chi connectivity index (χ0v) is 9.91. The first-order chi connectivity index (χ1) is 8.54. The molecule has 0 saturated heterocycles. The molecule has 0 bridgehead atoms. The Morgan fingerprint density at radius 2 is 1.94 bits per heavy atom. The lowest BCUT2D eigenvalue weighted by Gasteiger charge is -2.15. The third-order valence-corrected chi connectivity index (χ3v) is 2.70. The molecule has 3 nitrogen and oxygen atoms in total. The number of carbonyl (C=O) groups is 1. The minimum Gasteiger partial charge on any atom is -0.274 e. The van der Waals surface area contributed by atoms with Crippen LogP contribution in [0.3, 0.4) is 0 Å². The molecule has 0 fully saturated rings. The van der Waals surface area contributed by atoms with Crippen LogP contribution >= 0.6 is 0 Å². The predicted molar refractivity (Wildman–Crippen MR) is 63.0 cm³/mol. The van der Waals surface area contributed by atoms with Gasteiger partial charge < -0.3 is 0 Å². The molecule has 0 spiro atoms. The number of halogens is 2. The lowest BCUT2D eigenvalue weighted by molar-refractivity contribution is -0.0755. The Bertz CT molecular complexity index is 613. The summed E-state index contributed by atoms with van der Waals surface area (Å²) >= 11 is 0. The minimum absolute atomic E-state index is 0.190. The van der Waals surface area contributed by atoms with E-state index in [0.29, 0.717) is 0 Å². The van der Waals surface area contributed by atoms with Crippen LogP contribution in [0.1, 0.15) is 10.4 Å². The highest BCUT2D eigenvalue weighted by atomic mass is 19.1. The number of nitrogens with zero attached hydrogens (tertiary/aromatic N) is 1. The molecular weight excluding hydrogens is 240 g/mol. The molecule has 0 radical (unpaired) electrons. The first kappa shape index (κ1) is 12.4. The Balaban J connectivity index is 2.69. The number of hydrogen-bond acceptors (Lipinski definition) is 2. The van der Waals surface area contributed by atoms with Crippen molar-refractivity contribution in [1.82, 2.24) is 5.06 Å². The van der Waals surface area contributed by atoms with E-state index in [-0.39, 0.29) is 16.3 Å². The molecule has 0 saturated carbocycles. The van der Waals surface area contributed by atoms with Crippen molar-refractivity contribution in [2.24, 2.45) is 0 Å². The average molecular weight is 251 g/mol. The minimum atomic E-state index is -0.722. The fourth-order valence-electron chi connectivity index (χ4n) is 1.75. The highest BCUT2D eigenvalue weighted by Crippen LogP contribution is 2.24. The van der Waals surface area contributed by atoms with Crippen molar-refractivity contribution in [1.29, 1.82) is 0 Å². The molecule has 94 valence electrons. The van der Waals surface area contributed by atoms with Crippen LogP contribution in [0, 0.1) is 11.6 Å². The van der Waals surface area contributed by atoms with Crippen molar-refractivity contribution in [2.75, 3.05) is 14.2 Å². The van der Waals surface area contributed by atoms with Crippen LogP contribution in [0.15, 0.2) is 30.3 Å². The highest BCUT2D eigenvalue weighted by Gasteiger charge is 2.16. The van der Waals surface area contributed by atoms with E-state index in [9.17, 15) is 13.6 Å². The Hall–Kier alpha value is -2.01. The maximum atomic E-state index is 13.6. The first-order valence-corrected chi connectivity index (χ1v) is 5.24. The summed E-state index contributed by atoms with van der Waals surface area (Å²) in [4.78, 5) is 16.7. The van der Waals surface area contributed by atoms with Crippen LogP contribution < -0.4 is 0 Å². The van der Waals surface area contributed by atoms with Crippen molar-refractivity contribution in [2.45, 2.75) is 0 Å². The van der Waals surface area contributed by atoms with Gasteiger partial charge in [-0.15, -0.1) is 0 Å². The van der Waals surface area contributed by atoms with Crippen molar-refractivity contribution < 1.29 is 18.4 Å². The Labute approximate surface area is 103 Å². The summed E-state index contributed by atoms with van der Waals surface area (Å²) < 4.78 is 26.8. The molecule has 2 aromatic carbocycles. The predicted octanol–water partition coefficient (Wildman–Crippen LogP) is 2.75. The summed E-state index contributed by atoms with van der Waals surface area (Å²) in [5.41, 5.74) is 0.190. The number of carbonyl (C=O) groups excluding carboxylic acids is 1. The second-order valence-electron chi connectivity index (χ2n) is 3.77. The van der Waals surface area contributed by atoms with E-state index in [4.69, 9.17) is 4.84 Å². The lowest BCUT2D eigenvalue weighted by Crippen LogP contribution is -2.25. The van der Waals surface area contributed by atoms with Crippen LogP contribution in [-0.4, -0.2) is 25.1 Å². The zero-order valence-electron chi connectivity index (χ0n) is 9.91. The number of fused-ring (bicyclic) bond motifs is 1. The van der Waals surface area contributed by atoms with Crippen LogP contribution in [0.25, 0.3) is 10.8 Å². The van der Waals surface area contributed by atoms with Gasteiger partial charge in [0.15, 0.2) is 0 Å². The summed E-state index contributed by atoms with van der Waals surface area (Å²) in [7, 11) is 2.76. The molecule has 2 rings (SSSR count). The maximum absolute atomic E-state index is 13.6. The van der Waals surface area contributed by atoms with Gasteiger partial charge in [0.25, 0.3) is 5.91 Å². The van der Waals surface area contributed by atoms with E-state index in [1.165, 1.54) is 26.3 Å². The Morgan fingerprint density at radius 1 is 1.22 bits per heavy atom. The number of benzene rings is 2. The number of hydrogen-bond donors (Lipinski definition) is 0. The topological polar surface area (TPSA) is 29.5 Å². The maximum Gasteiger partial charge on any atom is 0.277 e. The molecular formula is C13H11F2NO2. The average Bonchev–Trinajstić information content (AvgIpc) is 2.36. The number of rotatable bonds is 2. The Kier molecular flexibility index (Phi) is 3.25. The van der Waals surface area contributed by atoms with Crippen LogP contribution in [0.4, 0.5) is 8.78 Å². The van der Waals surface area contributed by atoms with Gasteiger partial charge in [-0.05, 0) is 12.1 Å². The second-order valence-corrected chi connectivity index (χ2v) is 3.77. The van der Waals surface area contributed by atoms with E-state index >= 15 is 0 Å². The first-order valence-electron chi connectivity index (χ1n) is 5.24. The molecule has 1 amide bonds. The van der Waals surface area contributed by atoms with Gasteiger partial charge >= 0.3 is 0 Å². The van der Waals surface area contributed by atoms with Crippen LogP contribution in [-0.2, 0) is 4.84 Å². The third-order valence-electron chi connectivity index (χ3n) is 2.70. The van der Waals surface area contributed by atoms with Crippen molar-refractivity contribution in [3.63, 3.8) is 0 Å². The van der Waals surface area contributed by atoms with E-state index < -0.39 is 17.5 Å². The molecule has 0 aliphatic heterocycles. The van der Waals surface area contributed by atoms with Gasteiger partial charge in [0.05, 0.1) is 7.11 Å². The van der Waals surface area contributed by atoms with Crippen molar-refractivity contribution in [3.05, 3.63) is 47.5 Å². The molecule has 18 heavy (non-hydrogen) atoms. The molecule has 0 aromatic heterocycles. The molecule has 0 aliphatic carbocycles. The summed E-state index contributed by atoms with van der Waals surface area (Å²) in [5.74, 6) is -1.88. The molecule has 5 heteroatoms. The number of amides is 1. The van der Waals surface area contributed by atoms with Crippen LogP contribution in [0.2, 0.25) is 0 Å². The summed E-state index contributed by atoms with van der Waals surface area (Å²) in [6.07, 6.45) is 0. The van der Waals surface area contributed by atoms with Crippen molar-refractivity contribution in [3.8, 4) is 0 Å². The van der Waals surface area contributed by atoms with E-state index in [1.54, 1.807) is 6.07 Å². The summed E-state index contributed by atoms with van der Waals surface area (Å²) in [5, 5.41) is 1.42. The van der Waals surface area contributed by atoms with Gasteiger partial charge in [-0.3, -0.25) is 9.63 Å². The fourth-order valence-corrected chi connectivity index (χ4v) is 1.75. The quantitative estimate of drug-likeness (QED) is 0.768. The zero-order chi connectivity index (χ0) is 13.3. The monoisotopic (exact) mass is 251 g/mol. The molecule has 0 heterocycles. The van der Waals surface area contributed by atoms with Gasteiger partial charge in [-0.25, -0.2) is 13.8 Å². The SMILES string of the molecule is CON(C)C(=O)c1cccc2c(F)cc(F)cc12. The largest absolute Gasteiger partial charge is 0.277 e. The molecule has 0 atom stereocenters. The lowest BCUT2D eigenvalue weighted by atomic mass is 10.0. The van der Waals surface area contributed by atoms with Crippen LogP contribution in [0.5, 0.6) is 0 Å². The van der Waals surface area contributed by atoms with Gasteiger partial charge in [-0.1, -0.05) is 12.1 Å². The van der Waals surface area contributed by atoms with E-state index in [2.05, 4.69) is 0 Å².